The van der Waals surface area contributed by atoms with Crippen LogP contribution in [0.5, 0.6) is 0 Å². The van der Waals surface area contributed by atoms with Crippen LogP contribution in [-0.2, 0) is 16.6 Å². The molecule has 0 aliphatic rings. The van der Waals surface area contributed by atoms with Crippen LogP contribution in [0, 0.1) is 0 Å². The summed E-state index contributed by atoms with van der Waals surface area (Å²) in [5.41, 5.74) is 0. The first kappa shape index (κ1) is 11.7. The van der Waals surface area contributed by atoms with Gasteiger partial charge in [0.15, 0.2) is 0 Å². The number of anilines is 1. The van der Waals surface area contributed by atoms with Gasteiger partial charge < -0.3 is 15.4 Å². The van der Waals surface area contributed by atoms with Crippen LogP contribution in [0.15, 0.2) is 12.3 Å². The molecular formula is C9H16N4O2. The molecule has 84 valence electrons. The van der Waals surface area contributed by atoms with Crippen LogP contribution in [0.1, 0.15) is 0 Å². The Morgan fingerprint density at radius 2 is 2.47 bits per heavy atom. The van der Waals surface area contributed by atoms with E-state index in [0.717, 1.165) is 0 Å². The average molecular weight is 212 g/mol. The quantitative estimate of drug-likeness (QED) is 0.629. The standard InChI is InChI=1S/C9H16N4O2/c1-13-8(3-4-11-13)12-9(14)7-10-5-6-15-2/h3-4,10H,5-7H2,1-2H3,(H,12,14). The first-order valence-corrected chi connectivity index (χ1v) is 4.71. The van der Waals surface area contributed by atoms with Crippen molar-refractivity contribution in [1.82, 2.24) is 15.1 Å². The zero-order chi connectivity index (χ0) is 11.1. The smallest absolute Gasteiger partial charge is 0.239 e. The van der Waals surface area contributed by atoms with Crippen LogP contribution in [0.4, 0.5) is 5.82 Å². The van der Waals surface area contributed by atoms with E-state index in [2.05, 4.69) is 15.7 Å². The molecule has 0 unspecified atom stereocenters. The Labute approximate surface area is 88.6 Å². The second-order valence-electron chi connectivity index (χ2n) is 3.06. The van der Waals surface area contributed by atoms with Crippen LogP contribution in [0.3, 0.4) is 0 Å². The Morgan fingerprint density at radius 3 is 3.07 bits per heavy atom. The summed E-state index contributed by atoms with van der Waals surface area (Å²) >= 11 is 0. The number of hydrogen-bond acceptors (Lipinski definition) is 4. The van der Waals surface area contributed by atoms with E-state index in [-0.39, 0.29) is 12.5 Å². The SMILES string of the molecule is COCCNCC(=O)Nc1ccnn1C. The molecule has 1 aromatic rings. The van der Waals surface area contributed by atoms with E-state index in [4.69, 9.17) is 4.74 Å². The molecule has 0 atom stereocenters. The van der Waals surface area contributed by atoms with E-state index in [1.807, 2.05) is 0 Å². The van der Waals surface area contributed by atoms with Crippen molar-refractivity contribution in [3.8, 4) is 0 Å². The second kappa shape index (κ2) is 6.15. The van der Waals surface area contributed by atoms with Crippen LogP contribution < -0.4 is 10.6 Å². The van der Waals surface area contributed by atoms with Crippen LogP contribution in [0.2, 0.25) is 0 Å². The third-order valence-corrected chi connectivity index (χ3v) is 1.86. The summed E-state index contributed by atoms with van der Waals surface area (Å²) in [7, 11) is 3.39. The zero-order valence-corrected chi connectivity index (χ0v) is 8.99. The van der Waals surface area contributed by atoms with Crippen LogP contribution in [0.25, 0.3) is 0 Å². The predicted octanol–water partition coefficient (Wildman–Crippen LogP) is -0.405. The van der Waals surface area contributed by atoms with Gasteiger partial charge in [0.05, 0.1) is 19.3 Å². The summed E-state index contributed by atoms with van der Waals surface area (Å²) in [6.07, 6.45) is 1.63. The Morgan fingerprint density at radius 1 is 1.67 bits per heavy atom. The number of aryl methyl sites for hydroxylation is 1. The molecule has 0 spiro atoms. The van der Waals surface area contributed by atoms with E-state index in [1.54, 1.807) is 31.1 Å². The number of methoxy groups -OCH3 is 1. The molecule has 1 rings (SSSR count). The zero-order valence-electron chi connectivity index (χ0n) is 8.99. The fourth-order valence-corrected chi connectivity index (χ4v) is 1.06. The lowest BCUT2D eigenvalue weighted by atomic mass is 10.5. The van der Waals surface area contributed by atoms with Crippen molar-refractivity contribution in [1.29, 1.82) is 0 Å². The molecule has 0 aliphatic carbocycles. The van der Waals surface area contributed by atoms with Gasteiger partial charge in [0.2, 0.25) is 5.91 Å². The summed E-state index contributed by atoms with van der Waals surface area (Å²) in [5, 5.41) is 9.62. The number of ether oxygens (including phenoxy) is 1. The van der Waals surface area contributed by atoms with Crippen LogP contribution in [-0.4, -0.2) is 42.5 Å². The molecule has 0 aromatic carbocycles. The Balaban J connectivity index is 2.22. The van der Waals surface area contributed by atoms with Gasteiger partial charge in [0, 0.05) is 26.8 Å². The van der Waals surface area contributed by atoms with Gasteiger partial charge in [0.1, 0.15) is 5.82 Å². The molecule has 0 saturated carbocycles. The van der Waals surface area contributed by atoms with Crippen molar-refractivity contribution < 1.29 is 9.53 Å². The number of amides is 1. The minimum absolute atomic E-state index is 0.0882. The highest BCUT2D eigenvalue weighted by Gasteiger charge is 2.03. The Hall–Kier alpha value is -1.40. The highest BCUT2D eigenvalue weighted by atomic mass is 16.5. The number of nitrogens with one attached hydrogen (secondary N) is 2. The van der Waals surface area contributed by atoms with Gasteiger partial charge in [-0.05, 0) is 0 Å². The van der Waals surface area contributed by atoms with Crippen molar-refractivity contribution in [3.63, 3.8) is 0 Å². The maximum Gasteiger partial charge on any atom is 0.239 e. The van der Waals surface area contributed by atoms with Gasteiger partial charge in [-0.3, -0.25) is 9.48 Å². The monoisotopic (exact) mass is 212 g/mol. The van der Waals surface area contributed by atoms with Gasteiger partial charge >= 0.3 is 0 Å². The van der Waals surface area contributed by atoms with Crippen molar-refractivity contribution >= 4 is 11.7 Å². The molecule has 1 amide bonds. The minimum Gasteiger partial charge on any atom is -0.383 e. The molecule has 1 heterocycles. The van der Waals surface area contributed by atoms with Gasteiger partial charge in [-0.1, -0.05) is 0 Å². The van der Waals surface area contributed by atoms with E-state index in [1.165, 1.54) is 0 Å². The third-order valence-electron chi connectivity index (χ3n) is 1.86. The Bertz CT molecular complexity index is 311. The first-order valence-electron chi connectivity index (χ1n) is 4.71. The molecule has 0 fully saturated rings. The maximum atomic E-state index is 11.4. The van der Waals surface area contributed by atoms with E-state index >= 15 is 0 Å². The second-order valence-corrected chi connectivity index (χ2v) is 3.06. The van der Waals surface area contributed by atoms with E-state index in [0.29, 0.717) is 19.0 Å². The number of nitrogens with zero attached hydrogens (tertiary/aromatic N) is 2. The lowest BCUT2D eigenvalue weighted by Crippen LogP contribution is -2.30. The molecular weight excluding hydrogens is 196 g/mol. The molecule has 1 aromatic heterocycles. The molecule has 6 nitrogen and oxygen atoms in total. The lowest BCUT2D eigenvalue weighted by Gasteiger charge is -2.06. The highest BCUT2D eigenvalue weighted by Crippen LogP contribution is 2.01. The number of carbonyl (C=O) groups excluding carboxylic acids is 1. The van der Waals surface area contributed by atoms with Crippen molar-refractivity contribution in [2.24, 2.45) is 7.05 Å². The lowest BCUT2D eigenvalue weighted by molar-refractivity contribution is -0.115. The molecule has 6 heteroatoms. The molecule has 0 saturated heterocycles. The number of hydrogen-bond donors (Lipinski definition) is 2. The molecule has 0 aliphatic heterocycles. The van der Waals surface area contributed by atoms with Gasteiger partial charge in [-0.2, -0.15) is 5.10 Å². The topological polar surface area (TPSA) is 68.2 Å². The van der Waals surface area contributed by atoms with Crippen molar-refractivity contribution in [3.05, 3.63) is 12.3 Å². The molecule has 0 bridgehead atoms. The third kappa shape index (κ3) is 4.09. The van der Waals surface area contributed by atoms with Gasteiger partial charge in [0.25, 0.3) is 0 Å². The van der Waals surface area contributed by atoms with E-state index < -0.39 is 0 Å². The first-order chi connectivity index (χ1) is 7.24. The van der Waals surface area contributed by atoms with Crippen LogP contribution >= 0.6 is 0 Å². The molecule has 2 N–H and O–H groups in total. The summed E-state index contributed by atoms with van der Waals surface area (Å²) < 4.78 is 6.44. The fraction of sp³-hybridized carbons (Fsp3) is 0.556. The summed E-state index contributed by atoms with van der Waals surface area (Å²) in [4.78, 5) is 11.4. The Kier molecular flexibility index (Phi) is 4.79. The number of rotatable bonds is 6. The van der Waals surface area contributed by atoms with Gasteiger partial charge in [-0.25, -0.2) is 0 Å². The van der Waals surface area contributed by atoms with Crippen molar-refractivity contribution in [2.75, 3.05) is 32.1 Å². The number of carbonyl (C=O) groups is 1. The largest absolute Gasteiger partial charge is 0.383 e. The highest BCUT2D eigenvalue weighted by molar-refractivity contribution is 5.91. The summed E-state index contributed by atoms with van der Waals surface area (Å²) in [5.74, 6) is 0.600. The average Bonchev–Trinajstić information content (AvgIpc) is 2.59. The maximum absolute atomic E-state index is 11.4. The summed E-state index contributed by atoms with van der Waals surface area (Å²) in [6, 6.07) is 1.74. The number of aromatic nitrogens is 2. The molecule has 0 radical (unpaired) electrons. The minimum atomic E-state index is -0.0882. The normalized spacial score (nSPS) is 10.3. The fourth-order valence-electron chi connectivity index (χ4n) is 1.06. The van der Waals surface area contributed by atoms with Gasteiger partial charge in [-0.15, -0.1) is 0 Å². The summed E-state index contributed by atoms with van der Waals surface area (Å²) in [6.45, 7) is 1.53. The van der Waals surface area contributed by atoms with Crippen molar-refractivity contribution in [2.45, 2.75) is 0 Å². The predicted molar refractivity (Wildman–Crippen MR) is 56.6 cm³/mol. The van der Waals surface area contributed by atoms with E-state index in [9.17, 15) is 4.79 Å². The molecule has 15 heavy (non-hydrogen) atoms.